The minimum absolute atomic E-state index is 0.412. The summed E-state index contributed by atoms with van der Waals surface area (Å²) < 4.78 is 1.16. The minimum Gasteiger partial charge on any atom is -0.328 e. The molecule has 0 saturated heterocycles. The number of rotatable bonds is 3. The Kier molecular flexibility index (Phi) is 3.91. The summed E-state index contributed by atoms with van der Waals surface area (Å²) in [5.41, 5.74) is 8.72. The molecule has 2 nitrogen and oxygen atoms in total. The first kappa shape index (κ1) is 13.1. The fraction of sp³-hybridized carbons (Fsp3) is 0.571. The summed E-state index contributed by atoms with van der Waals surface area (Å²) in [6, 6.07) is 7.46. The van der Waals surface area contributed by atoms with Crippen LogP contribution in [0.2, 0.25) is 0 Å². The topological polar surface area (TPSA) is 29.3 Å². The molecule has 3 heteroatoms. The molecule has 1 fully saturated rings. The fourth-order valence-corrected chi connectivity index (χ4v) is 3.23. The van der Waals surface area contributed by atoms with Crippen molar-refractivity contribution in [1.82, 2.24) is 4.90 Å². The zero-order valence-electron chi connectivity index (χ0n) is 10.8. The van der Waals surface area contributed by atoms with Crippen LogP contribution in [0.1, 0.15) is 30.0 Å². The molecule has 0 radical (unpaired) electrons. The van der Waals surface area contributed by atoms with Crippen molar-refractivity contribution >= 4 is 15.9 Å². The van der Waals surface area contributed by atoms with Gasteiger partial charge in [-0.1, -0.05) is 22.0 Å². The van der Waals surface area contributed by atoms with Crippen molar-refractivity contribution in [2.24, 2.45) is 11.7 Å². The lowest BCUT2D eigenvalue weighted by molar-refractivity contribution is 0.123. The van der Waals surface area contributed by atoms with E-state index in [1.807, 2.05) is 0 Å². The van der Waals surface area contributed by atoms with Crippen molar-refractivity contribution in [2.75, 3.05) is 14.1 Å². The quantitative estimate of drug-likeness (QED) is 0.929. The lowest BCUT2D eigenvalue weighted by Gasteiger charge is -2.42. The zero-order chi connectivity index (χ0) is 12.6. The van der Waals surface area contributed by atoms with Gasteiger partial charge >= 0.3 is 0 Å². The normalized spacial score (nSPS) is 25.8. The standard InChI is InChI=1S/C14H21BrN2/c1-9-4-5-11(15)8-13(9)14(17(2)3)10-6-12(16)7-10/h4-5,8,10,12,14H,6-7,16H2,1-3H3. The van der Waals surface area contributed by atoms with Crippen molar-refractivity contribution in [1.29, 1.82) is 0 Å². The van der Waals surface area contributed by atoms with E-state index in [0.29, 0.717) is 18.0 Å². The molecular weight excluding hydrogens is 276 g/mol. The second-order valence-corrected chi connectivity index (χ2v) is 6.32. The van der Waals surface area contributed by atoms with E-state index < -0.39 is 0 Å². The Bertz CT molecular complexity index is 397. The van der Waals surface area contributed by atoms with Gasteiger partial charge in [-0.2, -0.15) is 0 Å². The van der Waals surface area contributed by atoms with Crippen molar-refractivity contribution in [2.45, 2.75) is 31.8 Å². The summed E-state index contributed by atoms with van der Waals surface area (Å²) in [4.78, 5) is 2.32. The van der Waals surface area contributed by atoms with E-state index in [4.69, 9.17) is 5.73 Å². The van der Waals surface area contributed by atoms with Crippen LogP contribution in [0.3, 0.4) is 0 Å². The number of benzene rings is 1. The van der Waals surface area contributed by atoms with Crippen LogP contribution in [0.4, 0.5) is 0 Å². The maximum Gasteiger partial charge on any atom is 0.0374 e. The number of aryl methyl sites for hydroxylation is 1. The molecule has 0 heterocycles. The van der Waals surface area contributed by atoms with Gasteiger partial charge in [-0.05, 0) is 63.0 Å². The minimum atomic E-state index is 0.412. The van der Waals surface area contributed by atoms with Crippen LogP contribution in [0.25, 0.3) is 0 Å². The molecule has 0 bridgehead atoms. The van der Waals surface area contributed by atoms with E-state index in [1.165, 1.54) is 11.1 Å². The second kappa shape index (κ2) is 5.09. The van der Waals surface area contributed by atoms with Crippen LogP contribution >= 0.6 is 15.9 Å². The van der Waals surface area contributed by atoms with Gasteiger partial charge in [-0.25, -0.2) is 0 Å². The van der Waals surface area contributed by atoms with E-state index in [9.17, 15) is 0 Å². The first-order chi connectivity index (χ1) is 7.99. The molecule has 1 saturated carbocycles. The summed E-state index contributed by atoms with van der Waals surface area (Å²) in [5, 5.41) is 0. The molecule has 2 rings (SSSR count). The molecular formula is C14H21BrN2. The lowest BCUT2D eigenvalue weighted by Crippen LogP contribution is -2.43. The van der Waals surface area contributed by atoms with Gasteiger partial charge in [0.25, 0.3) is 0 Å². The summed E-state index contributed by atoms with van der Waals surface area (Å²) in [5.74, 6) is 0.702. The van der Waals surface area contributed by atoms with Crippen LogP contribution in [-0.2, 0) is 0 Å². The van der Waals surface area contributed by atoms with Gasteiger partial charge in [0, 0.05) is 16.6 Å². The van der Waals surface area contributed by atoms with Crippen molar-refractivity contribution in [3.8, 4) is 0 Å². The van der Waals surface area contributed by atoms with Gasteiger partial charge in [0.1, 0.15) is 0 Å². The molecule has 17 heavy (non-hydrogen) atoms. The van der Waals surface area contributed by atoms with Gasteiger partial charge in [0.05, 0.1) is 0 Å². The highest BCUT2D eigenvalue weighted by Gasteiger charge is 2.35. The van der Waals surface area contributed by atoms with Crippen LogP contribution in [0.5, 0.6) is 0 Å². The maximum atomic E-state index is 5.93. The maximum absolute atomic E-state index is 5.93. The third-order valence-corrected chi connectivity index (χ3v) is 4.27. The van der Waals surface area contributed by atoms with Gasteiger partial charge in [-0.3, -0.25) is 0 Å². The number of nitrogens with two attached hydrogens (primary N) is 1. The van der Waals surface area contributed by atoms with Crippen LogP contribution in [0.15, 0.2) is 22.7 Å². The molecule has 94 valence electrons. The van der Waals surface area contributed by atoms with E-state index in [-0.39, 0.29) is 0 Å². The van der Waals surface area contributed by atoms with E-state index in [2.05, 4.69) is 60.0 Å². The van der Waals surface area contributed by atoms with Crippen molar-refractivity contribution < 1.29 is 0 Å². The fourth-order valence-electron chi connectivity index (χ4n) is 2.85. The number of hydrogen-bond donors (Lipinski definition) is 1. The third kappa shape index (κ3) is 2.72. The summed E-state index contributed by atoms with van der Waals surface area (Å²) >= 11 is 3.57. The van der Waals surface area contributed by atoms with Gasteiger partial charge < -0.3 is 10.6 Å². The van der Waals surface area contributed by atoms with E-state index >= 15 is 0 Å². The smallest absolute Gasteiger partial charge is 0.0374 e. The molecule has 1 aliphatic carbocycles. The molecule has 1 aromatic rings. The monoisotopic (exact) mass is 296 g/mol. The average Bonchev–Trinajstić information content (AvgIpc) is 2.20. The first-order valence-corrected chi connectivity index (χ1v) is 6.96. The lowest BCUT2D eigenvalue weighted by atomic mass is 9.73. The van der Waals surface area contributed by atoms with E-state index in [1.54, 1.807) is 0 Å². The first-order valence-electron chi connectivity index (χ1n) is 6.17. The van der Waals surface area contributed by atoms with E-state index in [0.717, 1.165) is 17.3 Å². The molecule has 0 aromatic heterocycles. The molecule has 0 amide bonds. The molecule has 1 aromatic carbocycles. The van der Waals surface area contributed by atoms with Crippen molar-refractivity contribution in [3.63, 3.8) is 0 Å². The summed E-state index contributed by atoms with van der Waals surface area (Å²) in [7, 11) is 4.32. The molecule has 0 spiro atoms. The predicted molar refractivity (Wildman–Crippen MR) is 76.0 cm³/mol. The molecule has 1 unspecified atom stereocenters. The third-order valence-electron chi connectivity index (χ3n) is 3.77. The molecule has 2 N–H and O–H groups in total. The Morgan fingerprint density at radius 1 is 1.35 bits per heavy atom. The zero-order valence-corrected chi connectivity index (χ0v) is 12.4. The van der Waals surface area contributed by atoms with Crippen LogP contribution in [0, 0.1) is 12.8 Å². The summed E-state index contributed by atoms with van der Waals surface area (Å²) in [6.07, 6.45) is 2.30. The Morgan fingerprint density at radius 2 is 2.00 bits per heavy atom. The van der Waals surface area contributed by atoms with Crippen molar-refractivity contribution in [3.05, 3.63) is 33.8 Å². The molecule has 0 aliphatic heterocycles. The Labute approximate surface area is 112 Å². The van der Waals surface area contributed by atoms with Gasteiger partial charge in [0.15, 0.2) is 0 Å². The Balaban J connectivity index is 2.29. The van der Waals surface area contributed by atoms with Gasteiger partial charge in [-0.15, -0.1) is 0 Å². The highest BCUT2D eigenvalue weighted by molar-refractivity contribution is 9.10. The Morgan fingerprint density at radius 3 is 2.53 bits per heavy atom. The highest BCUT2D eigenvalue weighted by Crippen LogP contribution is 2.41. The predicted octanol–water partition coefficient (Wildman–Crippen LogP) is 3.10. The Hall–Kier alpha value is -0.380. The average molecular weight is 297 g/mol. The van der Waals surface area contributed by atoms with Crippen LogP contribution in [-0.4, -0.2) is 25.0 Å². The highest BCUT2D eigenvalue weighted by atomic mass is 79.9. The summed E-state index contributed by atoms with van der Waals surface area (Å²) in [6.45, 7) is 2.19. The molecule has 1 atom stereocenters. The second-order valence-electron chi connectivity index (χ2n) is 5.40. The number of halogens is 1. The largest absolute Gasteiger partial charge is 0.328 e. The number of hydrogen-bond acceptors (Lipinski definition) is 2. The SMILES string of the molecule is Cc1ccc(Br)cc1C(C1CC(N)C1)N(C)C. The van der Waals surface area contributed by atoms with Gasteiger partial charge in [0.2, 0.25) is 0 Å². The molecule has 1 aliphatic rings. The number of nitrogens with zero attached hydrogens (tertiary/aromatic N) is 1. The van der Waals surface area contributed by atoms with Crippen LogP contribution < -0.4 is 5.73 Å².